The first kappa shape index (κ1) is 16.8. The molecule has 0 unspecified atom stereocenters. The molecular formula is C14H25NO3. The molecule has 0 radical (unpaired) electrons. The molecule has 0 bridgehead atoms. The van der Waals surface area contributed by atoms with E-state index in [9.17, 15) is 9.59 Å². The van der Waals surface area contributed by atoms with Gasteiger partial charge < -0.3 is 5.11 Å². The molecule has 0 spiro atoms. The molecule has 0 fully saturated rings. The van der Waals surface area contributed by atoms with Gasteiger partial charge in [0.05, 0.1) is 0 Å². The van der Waals surface area contributed by atoms with Gasteiger partial charge in [-0.25, -0.2) is 0 Å². The average Bonchev–Trinajstić information content (AvgIpc) is 2.73. The lowest BCUT2D eigenvalue weighted by Gasteiger charge is -1.98. The van der Waals surface area contributed by atoms with E-state index in [0.717, 1.165) is 6.42 Å². The second-order valence-electron chi connectivity index (χ2n) is 4.39. The summed E-state index contributed by atoms with van der Waals surface area (Å²) in [6, 6.07) is 0. The summed E-state index contributed by atoms with van der Waals surface area (Å²) in [5, 5.41) is 10.5. The van der Waals surface area contributed by atoms with Crippen LogP contribution in [0, 0.1) is 0 Å². The smallest absolute Gasteiger partial charge is 0.250 e. The van der Waals surface area contributed by atoms with Gasteiger partial charge >= 0.3 is 0 Å². The van der Waals surface area contributed by atoms with Crippen LogP contribution in [-0.2, 0) is 9.59 Å². The third kappa shape index (κ3) is 11.3. The zero-order valence-electron chi connectivity index (χ0n) is 11.3. The molecular weight excluding hydrogens is 230 g/mol. The SMILES string of the molecule is CCCCCCCCCCO.O=C1C=CC(=O)N1. The number of aliphatic hydroxyl groups excluding tert-OH is 1. The molecule has 0 aromatic rings. The van der Waals surface area contributed by atoms with Crippen LogP contribution < -0.4 is 5.32 Å². The number of hydrogen-bond acceptors (Lipinski definition) is 3. The van der Waals surface area contributed by atoms with Crippen molar-refractivity contribution in [3.63, 3.8) is 0 Å². The monoisotopic (exact) mass is 255 g/mol. The number of amides is 2. The van der Waals surface area contributed by atoms with Gasteiger partial charge in [0.2, 0.25) is 0 Å². The largest absolute Gasteiger partial charge is 0.396 e. The maximum Gasteiger partial charge on any atom is 0.250 e. The van der Waals surface area contributed by atoms with Crippen molar-refractivity contribution >= 4 is 11.8 Å². The van der Waals surface area contributed by atoms with Crippen LogP contribution in [0.5, 0.6) is 0 Å². The highest BCUT2D eigenvalue weighted by Gasteiger charge is 2.06. The summed E-state index contributed by atoms with van der Waals surface area (Å²) in [5.74, 6) is -0.657. The molecule has 0 aliphatic carbocycles. The van der Waals surface area contributed by atoms with Gasteiger partial charge in [-0.3, -0.25) is 14.9 Å². The van der Waals surface area contributed by atoms with Crippen molar-refractivity contribution in [3.8, 4) is 0 Å². The Kier molecular flexibility index (Phi) is 11.5. The molecule has 0 saturated heterocycles. The number of rotatable bonds is 8. The van der Waals surface area contributed by atoms with E-state index in [-0.39, 0.29) is 11.8 Å². The molecule has 18 heavy (non-hydrogen) atoms. The van der Waals surface area contributed by atoms with Crippen LogP contribution in [0.4, 0.5) is 0 Å². The van der Waals surface area contributed by atoms with E-state index in [1.165, 1.54) is 57.1 Å². The fourth-order valence-electron chi connectivity index (χ4n) is 1.60. The third-order valence-electron chi connectivity index (χ3n) is 2.64. The number of nitrogens with one attached hydrogen (secondary N) is 1. The zero-order chi connectivity index (χ0) is 13.6. The Morgan fingerprint density at radius 2 is 1.33 bits per heavy atom. The molecule has 0 aromatic heterocycles. The molecule has 2 amide bonds. The first-order valence-electron chi connectivity index (χ1n) is 6.84. The predicted octanol–water partition coefficient (Wildman–Crippen LogP) is 2.32. The lowest BCUT2D eigenvalue weighted by atomic mass is 10.1. The van der Waals surface area contributed by atoms with Crippen LogP contribution in [-0.4, -0.2) is 23.5 Å². The van der Waals surface area contributed by atoms with Gasteiger partial charge in [0.15, 0.2) is 0 Å². The van der Waals surface area contributed by atoms with E-state index in [2.05, 4.69) is 6.92 Å². The highest BCUT2D eigenvalue weighted by Crippen LogP contribution is 2.07. The van der Waals surface area contributed by atoms with Crippen molar-refractivity contribution in [1.29, 1.82) is 0 Å². The van der Waals surface area contributed by atoms with Gasteiger partial charge in [-0.05, 0) is 6.42 Å². The Hall–Kier alpha value is -1.16. The first-order chi connectivity index (χ1) is 8.70. The van der Waals surface area contributed by atoms with Crippen molar-refractivity contribution in [2.24, 2.45) is 0 Å². The Morgan fingerprint density at radius 3 is 1.67 bits per heavy atom. The Bertz CT molecular complexity index is 238. The molecule has 1 aliphatic heterocycles. The molecule has 104 valence electrons. The van der Waals surface area contributed by atoms with E-state index in [1.54, 1.807) is 0 Å². The van der Waals surface area contributed by atoms with Crippen molar-refractivity contribution in [2.45, 2.75) is 58.3 Å². The minimum atomic E-state index is -0.329. The van der Waals surface area contributed by atoms with Crippen LogP contribution in [0.15, 0.2) is 12.2 Å². The molecule has 4 nitrogen and oxygen atoms in total. The van der Waals surface area contributed by atoms with Gasteiger partial charge in [-0.15, -0.1) is 0 Å². The minimum Gasteiger partial charge on any atom is -0.396 e. The Morgan fingerprint density at radius 1 is 0.889 bits per heavy atom. The number of carbonyl (C=O) groups is 2. The van der Waals surface area contributed by atoms with Gasteiger partial charge in [0.25, 0.3) is 11.8 Å². The summed E-state index contributed by atoms with van der Waals surface area (Å²) in [7, 11) is 0. The molecule has 1 rings (SSSR count). The average molecular weight is 255 g/mol. The van der Waals surface area contributed by atoms with Crippen LogP contribution in [0.1, 0.15) is 58.3 Å². The van der Waals surface area contributed by atoms with Gasteiger partial charge in [-0.1, -0.05) is 51.9 Å². The van der Waals surface area contributed by atoms with E-state index in [4.69, 9.17) is 5.11 Å². The lowest BCUT2D eigenvalue weighted by Crippen LogP contribution is -2.19. The first-order valence-corrected chi connectivity index (χ1v) is 6.84. The van der Waals surface area contributed by atoms with Crippen molar-refractivity contribution in [1.82, 2.24) is 5.32 Å². The molecule has 1 heterocycles. The molecule has 2 N–H and O–H groups in total. The second-order valence-corrected chi connectivity index (χ2v) is 4.39. The normalized spacial score (nSPS) is 13.2. The lowest BCUT2D eigenvalue weighted by molar-refractivity contribution is -0.123. The fourth-order valence-corrected chi connectivity index (χ4v) is 1.60. The van der Waals surface area contributed by atoms with Crippen molar-refractivity contribution in [3.05, 3.63) is 12.2 Å². The third-order valence-corrected chi connectivity index (χ3v) is 2.64. The van der Waals surface area contributed by atoms with Gasteiger partial charge in [0.1, 0.15) is 0 Å². The predicted molar refractivity (Wildman–Crippen MR) is 72.0 cm³/mol. The number of imide groups is 1. The molecule has 1 aliphatic rings. The van der Waals surface area contributed by atoms with Gasteiger partial charge in [0, 0.05) is 18.8 Å². The minimum absolute atomic E-state index is 0.329. The topological polar surface area (TPSA) is 66.4 Å². The fraction of sp³-hybridized carbons (Fsp3) is 0.714. The zero-order valence-corrected chi connectivity index (χ0v) is 11.3. The number of hydrogen-bond donors (Lipinski definition) is 2. The number of aliphatic hydroxyl groups is 1. The van der Waals surface area contributed by atoms with Crippen LogP contribution in [0.25, 0.3) is 0 Å². The standard InChI is InChI=1S/C10H22O.C4H3NO2/c1-2-3-4-5-6-7-8-9-10-11;6-3-1-2-4(7)5-3/h11H,2-10H2,1H3;1-2H,(H,5,6,7). The Balaban J connectivity index is 0.000000351. The molecule has 0 atom stereocenters. The van der Waals surface area contributed by atoms with Crippen molar-refractivity contribution < 1.29 is 14.7 Å². The molecule has 0 saturated carbocycles. The van der Waals surface area contributed by atoms with Crippen LogP contribution in [0.3, 0.4) is 0 Å². The Labute approximate surface area is 109 Å². The summed E-state index contributed by atoms with van der Waals surface area (Å²) in [6.45, 7) is 2.61. The quantitative estimate of drug-likeness (QED) is 0.516. The van der Waals surface area contributed by atoms with Crippen LogP contribution >= 0.6 is 0 Å². The van der Waals surface area contributed by atoms with E-state index < -0.39 is 0 Å². The van der Waals surface area contributed by atoms with Gasteiger partial charge in [-0.2, -0.15) is 0 Å². The van der Waals surface area contributed by atoms with E-state index in [0.29, 0.717) is 6.61 Å². The number of unbranched alkanes of at least 4 members (excludes halogenated alkanes) is 7. The summed E-state index contributed by atoms with van der Waals surface area (Å²) >= 11 is 0. The molecule has 0 aromatic carbocycles. The highest BCUT2D eigenvalue weighted by molar-refractivity contribution is 6.12. The summed E-state index contributed by atoms with van der Waals surface area (Å²) in [5.41, 5.74) is 0. The number of carbonyl (C=O) groups excluding carboxylic acids is 2. The maximum absolute atomic E-state index is 10.0. The van der Waals surface area contributed by atoms with E-state index in [1.807, 2.05) is 5.32 Å². The molecule has 4 heteroatoms. The van der Waals surface area contributed by atoms with Crippen molar-refractivity contribution in [2.75, 3.05) is 6.61 Å². The second kappa shape index (κ2) is 12.3. The summed E-state index contributed by atoms with van der Waals surface area (Å²) < 4.78 is 0. The van der Waals surface area contributed by atoms with Crippen LogP contribution in [0.2, 0.25) is 0 Å². The highest BCUT2D eigenvalue weighted by atomic mass is 16.3. The summed E-state index contributed by atoms with van der Waals surface area (Å²) in [6.07, 6.45) is 12.8. The van der Waals surface area contributed by atoms with E-state index >= 15 is 0 Å². The maximum atomic E-state index is 10.0. The summed E-state index contributed by atoms with van der Waals surface area (Å²) in [4.78, 5) is 20.1.